The number of ether oxygens (including phenoxy) is 1. The molecule has 138 valence electrons. The summed E-state index contributed by atoms with van der Waals surface area (Å²) in [6, 6.07) is 9.24. The molecule has 3 N–H and O–H groups in total. The molecule has 1 aliphatic rings. The zero-order valence-electron chi connectivity index (χ0n) is 14.5. The van der Waals surface area contributed by atoms with Gasteiger partial charge in [0.25, 0.3) is 0 Å². The molecule has 1 unspecified atom stereocenters. The minimum absolute atomic E-state index is 0.0576. The lowest BCUT2D eigenvalue weighted by molar-refractivity contribution is -0.140. The van der Waals surface area contributed by atoms with Crippen molar-refractivity contribution in [1.82, 2.24) is 10.6 Å². The van der Waals surface area contributed by atoms with Crippen LogP contribution in [0.2, 0.25) is 0 Å². The van der Waals surface area contributed by atoms with Gasteiger partial charge in [0.1, 0.15) is 0 Å². The van der Waals surface area contributed by atoms with Gasteiger partial charge >= 0.3 is 11.8 Å². The summed E-state index contributed by atoms with van der Waals surface area (Å²) in [5.41, 5.74) is 0.449. The number of hydrogen-bond acceptors (Lipinski definition) is 5. The highest BCUT2D eigenvalue weighted by Gasteiger charge is 2.34. The number of aliphatic hydroxyl groups excluding tert-OH is 1. The fourth-order valence-corrected chi connectivity index (χ4v) is 4.02. The van der Waals surface area contributed by atoms with Crippen molar-refractivity contribution in [1.29, 1.82) is 0 Å². The van der Waals surface area contributed by atoms with E-state index >= 15 is 0 Å². The predicted molar refractivity (Wildman–Crippen MR) is 98.3 cm³/mol. The van der Waals surface area contributed by atoms with E-state index in [-0.39, 0.29) is 25.8 Å². The van der Waals surface area contributed by atoms with E-state index in [0.717, 1.165) is 29.9 Å². The highest BCUT2D eigenvalue weighted by atomic mass is 32.2. The first-order valence-corrected chi connectivity index (χ1v) is 9.68. The van der Waals surface area contributed by atoms with E-state index in [2.05, 4.69) is 10.6 Å². The van der Waals surface area contributed by atoms with E-state index in [4.69, 9.17) is 9.84 Å². The fourth-order valence-electron chi connectivity index (χ4n) is 2.79. The molecule has 7 heteroatoms. The van der Waals surface area contributed by atoms with Gasteiger partial charge in [0.15, 0.2) is 0 Å². The van der Waals surface area contributed by atoms with Gasteiger partial charge in [0.2, 0.25) is 0 Å². The third kappa shape index (κ3) is 6.02. The monoisotopic (exact) mass is 366 g/mol. The predicted octanol–water partition coefficient (Wildman–Crippen LogP) is 1.25. The van der Waals surface area contributed by atoms with Gasteiger partial charge in [-0.1, -0.05) is 30.3 Å². The zero-order valence-corrected chi connectivity index (χ0v) is 15.3. The Labute approximate surface area is 152 Å². The number of amides is 2. The number of aliphatic hydroxyl groups is 1. The summed E-state index contributed by atoms with van der Waals surface area (Å²) >= 11 is 1.84. The number of benzene rings is 1. The molecule has 1 aromatic carbocycles. The highest BCUT2D eigenvalue weighted by molar-refractivity contribution is 7.99. The maximum absolute atomic E-state index is 12.1. The Morgan fingerprint density at radius 1 is 1.24 bits per heavy atom. The molecule has 6 nitrogen and oxygen atoms in total. The van der Waals surface area contributed by atoms with E-state index in [0.29, 0.717) is 0 Å². The first kappa shape index (κ1) is 19.8. The van der Waals surface area contributed by atoms with E-state index in [1.54, 1.807) is 0 Å². The molecule has 25 heavy (non-hydrogen) atoms. The molecule has 1 saturated heterocycles. The minimum atomic E-state index is -0.659. The van der Waals surface area contributed by atoms with Crippen molar-refractivity contribution in [2.45, 2.75) is 31.4 Å². The van der Waals surface area contributed by atoms with Crippen molar-refractivity contribution >= 4 is 23.6 Å². The minimum Gasteiger partial charge on any atom is -0.394 e. The van der Waals surface area contributed by atoms with E-state index < -0.39 is 17.4 Å². The molecule has 0 aromatic heterocycles. The second-order valence-electron chi connectivity index (χ2n) is 6.16. The molecule has 0 saturated carbocycles. The van der Waals surface area contributed by atoms with Crippen molar-refractivity contribution in [3.05, 3.63) is 35.9 Å². The Balaban J connectivity index is 1.86. The van der Waals surface area contributed by atoms with Gasteiger partial charge in [-0.05, 0) is 36.8 Å². The van der Waals surface area contributed by atoms with Crippen LogP contribution in [0.5, 0.6) is 0 Å². The van der Waals surface area contributed by atoms with Crippen molar-refractivity contribution in [3.63, 3.8) is 0 Å². The van der Waals surface area contributed by atoms with Crippen LogP contribution in [0.1, 0.15) is 31.4 Å². The van der Waals surface area contributed by atoms with Crippen LogP contribution in [-0.2, 0) is 14.3 Å². The molecule has 1 aromatic rings. The van der Waals surface area contributed by atoms with Gasteiger partial charge in [-0.15, -0.1) is 0 Å². The van der Waals surface area contributed by atoms with Crippen LogP contribution in [0.3, 0.4) is 0 Å². The molecular formula is C18H26N2O4S. The Kier molecular flexibility index (Phi) is 7.74. The number of hydrogen-bond donors (Lipinski definition) is 3. The molecule has 1 fully saturated rings. The molecule has 1 aliphatic heterocycles. The van der Waals surface area contributed by atoms with Crippen molar-refractivity contribution < 1.29 is 19.4 Å². The second kappa shape index (κ2) is 9.79. The van der Waals surface area contributed by atoms with Crippen LogP contribution in [0.4, 0.5) is 0 Å². The Morgan fingerprint density at radius 2 is 1.92 bits per heavy atom. The summed E-state index contributed by atoms with van der Waals surface area (Å²) in [5, 5.41) is 14.4. The van der Waals surface area contributed by atoms with E-state index in [9.17, 15) is 9.59 Å². The van der Waals surface area contributed by atoms with Crippen molar-refractivity contribution in [2.24, 2.45) is 0 Å². The van der Waals surface area contributed by atoms with Crippen LogP contribution in [0, 0.1) is 0 Å². The van der Waals surface area contributed by atoms with Gasteiger partial charge < -0.3 is 20.5 Å². The van der Waals surface area contributed by atoms with Crippen molar-refractivity contribution in [2.75, 3.05) is 31.3 Å². The van der Waals surface area contributed by atoms with Crippen LogP contribution in [0.15, 0.2) is 30.3 Å². The molecular weight excluding hydrogens is 340 g/mol. The van der Waals surface area contributed by atoms with Crippen molar-refractivity contribution in [3.8, 4) is 0 Å². The summed E-state index contributed by atoms with van der Waals surface area (Å²) in [5.74, 6) is 0.573. The standard InChI is InChI=1S/C18H26N2O4S/c1-14(15-5-3-2-4-6-15)20-17(23)16(22)19-13-18(24-10-9-21)7-11-25-12-8-18/h2-6,14,21H,7-13H2,1H3,(H,19,22)(H,20,23). The first-order valence-electron chi connectivity index (χ1n) is 8.52. The van der Waals surface area contributed by atoms with Gasteiger partial charge in [-0.25, -0.2) is 0 Å². The third-order valence-corrected chi connectivity index (χ3v) is 5.31. The average molecular weight is 366 g/mol. The quantitative estimate of drug-likeness (QED) is 0.632. The van der Waals surface area contributed by atoms with E-state index in [1.807, 2.05) is 49.0 Å². The number of rotatable bonds is 7. The normalized spacial score (nSPS) is 17.5. The second-order valence-corrected chi connectivity index (χ2v) is 7.38. The Bertz CT molecular complexity index is 561. The lowest BCUT2D eigenvalue weighted by Gasteiger charge is -2.37. The molecule has 0 bridgehead atoms. The summed E-state index contributed by atoms with van der Waals surface area (Å²) < 4.78 is 5.79. The van der Waals surface area contributed by atoms with Crippen LogP contribution >= 0.6 is 11.8 Å². The largest absolute Gasteiger partial charge is 0.394 e. The van der Waals surface area contributed by atoms with Gasteiger partial charge in [0.05, 0.1) is 24.9 Å². The van der Waals surface area contributed by atoms with Crippen LogP contribution < -0.4 is 10.6 Å². The van der Waals surface area contributed by atoms with Gasteiger partial charge in [-0.3, -0.25) is 9.59 Å². The molecule has 0 aliphatic carbocycles. The lowest BCUT2D eigenvalue weighted by Crippen LogP contribution is -2.51. The summed E-state index contributed by atoms with van der Waals surface area (Å²) in [6.45, 7) is 2.29. The molecule has 1 heterocycles. The van der Waals surface area contributed by atoms with Crippen LogP contribution in [0.25, 0.3) is 0 Å². The number of nitrogens with one attached hydrogen (secondary N) is 2. The summed E-state index contributed by atoms with van der Waals surface area (Å²) in [4.78, 5) is 24.2. The number of carbonyl (C=O) groups is 2. The lowest BCUT2D eigenvalue weighted by atomic mass is 9.96. The summed E-state index contributed by atoms with van der Waals surface area (Å²) in [7, 11) is 0. The first-order chi connectivity index (χ1) is 12.1. The number of carbonyl (C=O) groups excluding carboxylic acids is 2. The molecule has 0 spiro atoms. The maximum atomic E-state index is 12.1. The molecule has 2 rings (SSSR count). The number of thioether (sulfide) groups is 1. The maximum Gasteiger partial charge on any atom is 0.309 e. The topological polar surface area (TPSA) is 87.7 Å². The molecule has 2 amide bonds. The highest BCUT2D eigenvalue weighted by Crippen LogP contribution is 2.29. The molecule has 1 atom stereocenters. The Morgan fingerprint density at radius 3 is 2.56 bits per heavy atom. The smallest absolute Gasteiger partial charge is 0.309 e. The Hall–Kier alpha value is -1.57. The molecule has 0 radical (unpaired) electrons. The third-order valence-electron chi connectivity index (χ3n) is 4.33. The van der Waals surface area contributed by atoms with Gasteiger partial charge in [-0.2, -0.15) is 11.8 Å². The SMILES string of the molecule is CC(NC(=O)C(=O)NCC1(OCCO)CCSCC1)c1ccccc1. The average Bonchev–Trinajstić information content (AvgIpc) is 2.66. The van der Waals surface area contributed by atoms with Crippen LogP contribution in [-0.4, -0.2) is 53.8 Å². The van der Waals surface area contributed by atoms with Gasteiger partial charge in [0, 0.05) is 6.54 Å². The van der Waals surface area contributed by atoms with E-state index in [1.165, 1.54) is 0 Å². The summed E-state index contributed by atoms with van der Waals surface area (Å²) in [6.07, 6.45) is 1.58. The fraction of sp³-hybridized carbons (Fsp3) is 0.556. The zero-order chi connectivity index (χ0) is 18.1.